The third-order valence-corrected chi connectivity index (χ3v) is 3.44. The summed E-state index contributed by atoms with van der Waals surface area (Å²) in [6.45, 7) is 4.66. The van der Waals surface area contributed by atoms with Gasteiger partial charge in [-0.15, -0.1) is 0 Å². The lowest BCUT2D eigenvalue weighted by atomic mass is 10.1. The van der Waals surface area contributed by atoms with Crippen LogP contribution in [0.25, 0.3) is 0 Å². The molecule has 1 aromatic carbocycles. The molecule has 2 aromatic rings. The molecule has 0 spiro atoms. The second kappa shape index (κ2) is 6.44. The highest BCUT2D eigenvalue weighted by Crippen LogP contribution is 2.20. The Morgan fingerprint density at radius 3 is 2.85 bits per heavy atom. The number of nitrogens with zero attached hydrogens (tertiary/aromatic N) is 2. The lowest BCUT2D eigenvalue weighted by Gasteiger charge is -2.08. The maximum Gasteiger partial charge on any atom is 0.137 e. The summed E-state index contributed by atoms with van der Waals surface area (Å²) in [5, 5.41) is 16.8. The Morgan fingerprint density at radius 2 is 2.20 bits per heavy atom. The molecule has 0 radical (unpaired) electrons. The van der Waals surface area contributed by atoms with Crippen LogP contribution >= 0.6 is 11.6 Å². The van der Waals surface area contributed by atoms with Crippen LogP contribution in [-0.4, -0.2) is 11.7 Å². The van der Waals surface area contributed by atoms with Gasteiger partial charge in [0.15, 0.2) is 0 Å². The van der Waals surface area contributed by atoms with Crippen molar-refractivity contribution in [2.24, 2.45) is 0 Å². The number of aryl methyl sites for hydroxylation is 2. The molecule has 0 saturated carbocycles. The van der Waals surface area contributed by atoms with Gasteiger partial charge < -0.3 is 9.84 Å². The maximum atomic E-state index is 9.05. The van der Waals surface area contributed by atoms with Crippen molar-refractivity contribution in [3.8, 4) is 6.07 Å². The molecule has 2 rings (SSSR count). The van der Waals surface area contributed by atoms with E-state index in [4.69, 9.17) is 21.4 Å². The number of anilines is 1. The third-order valence-electron chi connectivity index (χ3n) is 3.20. The van der Waals surface area contributed by atoms with E-state index in [9.17, 15) is 0 Å². The molecule has 104 valence electrons. The Hall–Kier alpha value is -1.99. The smallest absolute Gasteiger partial charge is 0.137 e. The van der Waals surface area contributed by atoms with Crippen molar-refractivity contribution in [3.63, 3.8) is 0 Å². The molecule has 0 aliphatic rings. The summed E-state index contributed by atoms with van der Waals surface area (Å²) in [4.78, 5) is 0. The van der Waals surface area contributed by atoms with E-state index in [0.29, 0.717) is 10.6 Å². The predicted octanol–water partition coefficient (Wildman–Crippen LogP) is 3.86. The van der Waals surface area contributed by atoms with Gasteiger partial charge in [-0.3, -0.25) is 0 Å². The van der Waals surface area contributed by atoms with Gasteiger partial charge >= 0.3 is 0 Å². The van der Waals surface area contributed by atoms with Crippen molar-refractivity contribution in [1.29, 1.82) is 5.26 Å². The van der Waals surface area contributed by atoms with E-state index in [2.05, 4.69) is 16.5 Å². The molecule has 1 heterocycles. The SMILES string of the molecule is Cc1noc(C)c1CCCNc1ccc(Cl)cc1C#N. The Kier molecular flexibility index (Phi) is 4.65. The molecular weight excluding hydrogens is 274 g/mol. The van der Waals surface area contributed by atoms with Crippen molar-refractivity contribution >= 4 is 17.3 Å². The van der Waals surface area contributed by atoms with Crippen LogP contribution in [0.15, 0.2) is 22.7 Å². The molecule has 4 nitrogen and oxygen atoms in total. The first kappa shape index (κ1) is 14.4. The van der Waals surface area contributed by atoms with Crippen molar-refractivity contribution in [2.75, 3.05) is 11.9 Å². The number of rotatable bonds is 5. The largest absolute Gasteiger partial charge is 0.384 e. The van der Waals surface area contributed by atoms with Gasteiger partial charge in [-0.05, 0) is 44.9 Å². The number of nitriles is 1. The molecule has 0 bridgehead atoms. The lowest BCUT2D eigenvalue weighted by Crippen LogP contribution is -2.05. The first-order valence-electron chi connectivity index (χ1n) is 6.47. The topological polar surface area (TPSA) is 61.9 Å². The minimum absolute atomic E-state index is 0.565. The van der Waals surface area contributed by atoms with Crippen LogP contribution in [0.4, 0.5) is 5.69 Å². The van der Waals surface area contributed by atoms with Crippen LogP contribution in [0, 0.1) is 25.2 Å². The van der Waals surface area contributed by atoms with Crippen LogP contribution in [0.5, 0.6) is 0 Å². The van der Waals surface area contributed by atoms with Crippen molar-refractivity contribution in [1.82, 2.24) is 5.16 Å². The number of hydrogen-bond donors (Lipinski definition) is 1. The minimum atomic E-state index is 0.565. The summed E-state index contributed by atoms with van der Waals surface area (Å²) >= 11 is 5.86. The summed E-state index contributed by atoms with van der Waals surface area (Å²) in [6.07, 6.45) is 1.85. The summed E-state index contributed by atoms with van der Waals surface area (Å²) in [5.41, 5.74) is 3.50. The van der Waals surface area contributed by atoms with Crippen LogP contribution in [0.2, 0.25) is 5.02 Å². The van der Waals surface area contributed by atoms with Crippen molar-refractivity contribution < 1.29 is 4.52 Å². The predicted molar refractivity (Wildman–Crippen MR) is 79.0 cm³/mol. The summed E-state index contributed by atoms with van der Waals surface area (Å²) in [7, 11) is 0. The van der Waals surface area contributed by atoms with Gasteiger partial charge in [0.05, 0.1) is 16.9 Å². The fourth-order valence-corrected chi connectivity index (χ4v) is 2.28. The van der Waals surface area contributed by atoms with Gasteiger partial charge in [-0.1, -0.05) is 16.8 Å². The van der Waals surface area contributed by atoms with E-state index in [1.807, 2.05) is 19.9 Å². The molecule has 0 amide bonds. The molecular formula is C15H16ClN3O. The Balaban J connectivity index is 1.90. The summed E-state index contributed by atoms with van der Waals surface area (Å²) in [5.74, 6) is 0.881. The zero-order valence-corrected chi connectivity index (χ0v) is 12.3. The Bertz CT molecular complexity index is 624. The highest BCUT2D eigenvalue weighted by atomic mass is 35.5. The normalized spacial score (nSPS) is 10.3. The maximum absolute atomic E-state index is 9.05. The molecule has 0 saturated heterocycles. The van der Waals surface area contributed by atoms with E-state index >= 15 is 0 Å². The number of nitrogens with one attached hydrogen (secondary N) is 1. The monoisotopic (exact) mass is 289 g/mol. The molecule has 1 N–H and O–H groups in total. The minimum Gasteiger partial charge on any atom is -0.384 e. The standard InChI is InChI=1S/C15H16ClN3O/c1-10-14(11(2)20-19-10)4-3-7-18-15-6-5-13(16)8-12(15)9-17/h5-6,8,18H,3-4,7H2,1-2H3. The van der Waals surface area contributed by atoms with E-state index in [1.165, 1.54) is 5.56 Å². The van der Waals surface area contributed by atoms with Gasteiger partial charge in [0, 0.05) is 17.1 Å². The molecule has 20 heavy (non-hydrogen) atoms. The number of benzene rings is 1. The van der Waals surface area contributed by atoms with Gasteiger partial charge in [-0.25, -0.2) is 0 Å². The van der Waals surface area contributed by atoms with Gasteiger partial charge in [-0.2, -0.15) is 5.26 Å². The van der Waals surface area contributed by atoms with Gasteiger partial charge in [0.25, 0.3) is 0 Å². The zero-order valence-electron chi connectivity index (χ0n) is 11.5. The van der Waals surface area contributed by atoms with Crippen LogP contribution in [-0.2, 0) is 6.42 Å². The van der Waals surface area contributed by atoms with E-state index in [1.54, 1.807) is 12.1 Å². The molecule has 0 aliphatic heterocycles. The molecule has 0 unspecified atom stereocenters. The van der Waals surface area contributed by atoms with Crippen LogP contribution < -0.4 is 5.32 Å². The van der Waals surface area contributed by atoms with E-state index in [-0.39, 0.29) is 0 Å². The van der Waals surface area contributed by atoms with E-state index in [0.717, 1.165) is 36.5 Å². The Labute approximate surface area is 123 Å². The number of hydrogen-bond acceptors (Lipinski definition) is 4. The fraction of sp³-hybridized carbons (Fsp3) is 0.333. The molecule has 5 heteroatoms. The van der Waals surface area contributed by atoms with Gasteiger partial charge in [0.1, 0.15) is 11.8 Å². The van der Waals surface area contributed by atoms with Gasteiger partial charge in [0.2, 0.25) is 0 Å². The zero-order chi connectivity index (χ0) is 14.5. The molecule has 0 atom stereocenters. The second-order valence-corrected chi connectivity index (χ2v) is 5.07. The van der Waals surface area contributed by atoms with Crippen molar-refractivity contribution in [3.05, 3.63) is 45.8 Å². The fourth-order valence-electron chi connectivity index (χ4n) is 2.11. The van der Waals surface area contributed by atoms with E-state index < -0.39 is 0 Å². The average molecular weight is 290 g/mol. The highest BCUT2D eigenvalue weighted by Gasteiger charge is 2.08. The third kappa shape index (κ3) is 3.31. The Morgan fingerprint density at radius 1 is 1.40 bits per heavy atom. The number of halogens is 1. The van der Waals surface area contributed by atoms with Crippen LogP contribution in [0.1, 0.15) is 29.0 Å². The quantitative estimate of drug-likeness (QED) is 0.849. The van der Waals surface area contributed by atoms with Crippen molar-refractivity contribution in [2.45, 2.75) is 26.7 Å². The van der Waals surface area contributed by atoms with Crippen LogP contribution in [0.3, 0.4) is 0 Å². The first-order chi connectivity index (χ1) is 9.61. The molecule has 1 aromatic heterocycles. The average Bonchev–Trinajstić information content (AvgIpc) is 2.76. The lowest BCUT2D eigenvalue weighted by molar-refractivity contribution is 0.392. The highest BCUT2D eigenvalue weighted by molar-refractivity contribution is 6.30. The first-order valence-corrected chi connectivity index (χ1v) is 6.85. The molecule has 0 fully saturated rings. The molecule has 0 aliphatic carbocycles. The summed E-state index contributed by atoms with van der Waals surface area (Å²) < 4.78 is 5.13. The number of aromatic nitrogens is 1. The summed E-state index contributed by atoms with van der Waals surface area (Å²) in [6, 6.07) is 7.41. The second-order valence-electron chi connectivity index (χ2n) is 4.63.